The molecule has 0 bridgehead atoms. The van der Waals surface area contributed by atoms with Gasteiger partial charge in [0.05, 0.1) is 11.1 Å². The van der Waals surface area contributed by atoms with Crippen LogP contribution < -0.4 is 10.9 Å². The Kier molecular flexibility index (Phi) is 16.9. The topological polar surface area (TPSA) is 112 Å². The third-order valence-electron chi connectivity index (χ3n) is 10.8. The van der Waals surface area contributed by atoms with Gasteiger partial charge in [-0.15, -0.1) is 22.7 Å². The molecule has 3 N–H and O–H groups in total. The number of amides is 1. The molecule has 0 spiro atoms. The van der Waals surface area contributed by atoms with Crippen LogP contribution in [0.2, 0.25) is 0 Å². The standard InChI is InChI=1S/C25H36N4O2S.C17H26N2O2S/c1-6-20(8-7-9-29-12-10-28(5)11-13-29)23-19(4)22(16-32-23)24(30)26-15-21-17(2)14-18(3)27-25(21)31;1-4-14(16-13(2)15(12-22-16)17(20)21)6-5-7-19-10-8-18(3)9-11-19/h6,14,16H,7-13,15H2,1-5H3,(H,26,30)(H,27,31);4,12H,5-11H2,1-3H3,(H,20,21)/b20-6-;14-4-. The third kappa shape index (κ3) is 12.1. The first kappa shape index (κ1) is 43.3. The number of carboxylic acid groups (broad SMARTS) is 1. The van der Waals surface area contributed by atoms with Gasteiger partial charge in [0.15, 0.2) is 0 Å². The van der Waals surface area contributed by atoms with E-state index >= 15 is 0 Å². The number of carboxylic acids is 1. The van der Waals surface area contributed by atoms with Gasteiger partial charge in [0.2, 0.25) is 0 Å². The largest absolute Gasteiger partial charge is 0.478 e. The first-order chi connectivity index (χ1) is 25.8. The van der Waals surface area contributed by atoms with Crippen LogP contribution in [0.4, 0.5) is 0 Å². The fraction of sp³-hybridized carbons (Fsp3) is 0.548. The van der Waals surface area contributed by atoms with Crippen LogP contribution in [-0.4, -0.2) is 121 Å². The molecule has 0 aliphatic carbocycles. The Hall–Kier alpha value is -3.39. The lowest BCUT2D eigenvalue weighted by Gasteiger charge is -2.32. The van der Waals surface area contributed by atoms with Crippen molar-refractivity contribution in [3.8, 4) is 0 Å². The summed E-state index contributed by atoms with van der Waals surface area (Å²) in [6.07, 6.45) is 8.60. The summed E-state index contributed by atoms with van der Waals surface area (Å²) >= 11 is 3.19. The fourth-order valence-corrected chi connectivity index (χ4v) is 9.52. The predicted molar refractivity (Wildman–Crippen MR) is 226 cm³/mol. The number of rotatable bonds is 14. The van der Waals surface area contributed by atoms with Gasteiger partial charge in [-0.25, -0.2) is 4.79 Å². The molecule has 0 saturated carbocycles. The van der Waals surface area contributed by atoms with Crippen LogP contribution in [0.1, 0.15) is 97.9 Å². The van der Waals surface area contributed by atoms with E-state index in [4.69, 9.17) is 0 Å². The number of carbonyl (C=O) groups is 2. The van der Waals surface area contributed by atoms with Crippen LogP contribution in [0.25, 0.3) is 11.1 Å². The van der Waals surface area contributed by atoms with E-state index in [0.29, 0.717) is 16.7 Å². The highest BCUT2D eigenvalue weighted by atomic mass is 32.1. The predicted octanol–water partition coefficient (Wildman–Crippen LogP) is 6.91. The van der Waals surface area contributed by atoms with E-state index in [0.717, 1.165) is 118 Å². The highest BCUT2D eigenvalue weighted by Gasteiger charge is 2.20. The first-order valence-corrected chi connectivity index (χ1v) is 21.1. The second kappa shape index (κ2) is 21.1. The van der Waals surface area contributed by atoms with E-state index in [1.165, 1.54) is 16.0 Å². The van der Waals surface area contributed by atoms with Gasteiger partial charge < -0.3 is 35.0 Å². The molecule has 3 aromatic rings. The molecule has 10 nitrogen and oxygen atoms in total. The number of H-pyrrole nitrogens is 1. The Labute approximate surface area is 330 Å². The zero-order chi connectivity index (χ0) is 39.4. The summed E-state index contributed by atoms with van der Waals surface area (Å²) in [6, 6.07) is 1.93. The van der Waals surface area contributed by atoms with Gasteiger partial charge in [-0.1, -0.05) is 12.2 Å². The molecule has 2 fully saturated rings. The van der Waals surface area contributed by atoms with Crippen molar-refractivity contribution in [3.63, 3.8) is 0 Å². The lowest BCUT2D eigenvalue weighted by molar-refractivity contribution is 0.0696. The normalized spacial score (nSPS) is 16.7. The summed E-state index contributed by atoms with van der Waals surface area (Å²) in [6.45, 7) is 23.5. The summed E-state index contributed by atoms with van der Waals surface area (Å²) in [7, 11) is 4.36. The number of nitrogens with one attached hydrogen (secondary N) is 2. The highest BCUT2D eigenvalue weighted by molar-refractivity contribution is 7.12. The molecule has 3 aromatic heterocycles. The number of aromatic nitrogens is 1. The number of aromatic carboxylic acids is 1. The molecule has 12 heteroatoms. The van der Waals surface area contributed by atoms with Gasteiger partial charge in [0.1, 0.15) is 0 Å². The van der Waals surface area contributed by atoms with Gasteiger partial charge >= 0.3 is 5.97 Å². The number of thiophene rings is 2. The smallest absolute Gasteiger partial charge is 0.336 e. The summed E-state index contributed by atoms with van der Waals surface area (Å²) < 4.78 is 0. The number of carbonyl (C=O) groups excluding carboxylic acids is 1. The molecule has 2 aliphatic rings. The van der Waals surface area contributed by atoms with Gasteiger partial charge in [-0.3, -0.25) is 9.59 Å². The molecule has 0 aromatic carbocycles. The van der Waals surface area contributed by atoms with Gasteiger partial charge in [0.25, 0.3) is 11.5 Å². The average Bonchev–Trinajstić information content (AvgIpc) is 3.72. The number of allylic oxidation sites excluding steroid dienone is 4. The fourth-order valence-electron chi connectivity index (χ4n) is 7.17. The highest BCUT2D eigenvalue weighted by Crippen LogP contribution is 2.33. The van der Waals surface area contributed by atoms with Crippen molar-refractivity contribution < 1.29 is 14.7 Å². The second-order valence-electron chi connectivity index (χ2n) is 14.8. The van der Waals surface area contributed by atoms with E-state index in [2.05, 4.69) is 63.1 Å². The summed E-state index contributed by atoms with van der Waals surface area (Å²) in [4.78, 5) is 51.2. The lowest BCUT2D eigenvalue weighted by Crippen LogP contribution is -2.44. The van der Waals surface area contributed by atoms with Crippen LogP contribution >= 0.6 is 22.7 Å². The second-order valence-corrected chi connectivity index (χ2v) is 16.5. The van der Waals surface area contributed by atoms with Crippen LogP contribution in [0.3, 0.4) is 0 Å². The first-order valence-electron chi connectivity index (χ1n) is 19.3. The van der Waals surface area contributed by atoms with E-state index < -0.39 is 5.97 Å². The molecule has 2 saturated heterocycles. The number of hydrogen-bond acceptors (Lipinski definition) is 9. The van der Waals surface area contributed by atoms with Crippen LogP contribution in [-0.2, 0) is 6.54 Å². The molecule has 5 rings (SSSR count). The maximum Gasteiger partial charge on any atom is 0.336 e. The third-order valence-corrected chi connectivity index (χ3v) is 13.1. The van der Waals surface area contributed by atoms with Crippen molar-refractivity contribution in [2.45, 2.75) is 73.8 Å². The molecule has 54 heavy (non-hydrogen) atoms. The Morgan fingerprint density at radius 3 is 1.67 bits per heavy atom. The Morgan fingerprint density at radius 1 is 0.778 bits per heavy atom. The maximum atomic E-state index is 12.9. The average molecular weight is 779 g/mol. The SMILES string of the molecule is C/C=C(/CCCN1CCN(C)CC1)c1scc(C(=O)NCc2c(C)cc(C)[nH]c2=O)c1C.C/C=C(/CCCN1CCN(C)CC1)c1scc(C(=O)O)c1C. The molecule has 5 heterocycles. The zero-order valence-electron chi connectivity index (χ0n) is 33.8. The van der Waals surface area contributed by atoms with Crippen molar-refractivity contribution in [3.05, 3.63) is 88.2 Å². The van der Waals surface area contributed by atoms with Gasteiger partial charge in [-0.05, 0) is 128 Å². The minimum atomic E-state index is -0.826. The van der Waals surface area contributed by atoms with Gasteiger partial charge in [0, 0.05) is 90.7 Å². The van der Waals surface area contributed by atoms with Gasteiger partial charge in [-0.2, -0.15) is 0 Å². The van der Waals surface area contributed by atoms with Crippen molar-refractivity contribution in [1.82, 2.24) is 29.9 Å². The molecule has 296 valence electrons. The quantitative estimate of drug-likeness (QED) is 0.162. The maximum absolute atomic E-state index is 12.9. The molecular formula is C42H62N6O4S2. The monoisotopic (exact) mass is 778 g/mol. The minimum absolute atomic E-state index is 0.128. The van der Waals surface area contributed by atoms with E-state index in [9.17, 15) is 19.5 Å². The van der Waals surface area contributed by atoms with Crippen LogP contribution in [0.15, 0.2) is 33.8 Å². The molecule has 0 radical (unpaired) electrons. The van der Waals surface area contributed by atoms with Crippen molar-refractivity contribution in [1.29, 1.82) is 0 Å². The Morgan fingerprint density at radius 2 is 1.24 bits per heavy atom. The van der Waals surface area contributed by atoms with E-state index in [1.807, 2.05) is 46.1 Å². The summed E-state index contributed by atoms with van der Waals surface area (Å²) in [5.74, 6) is -0.954. The van der Waals surface area contributed by atoms with Crippen LogP contribution in [0, 0.1) is 27.7 Å². The van der Waals surface area contributed by atoms with Crippen molar-refractivity contribution in [2.24, 2.45) is 0 Å². The summed E-state index contributed by atoms with van der Waals surface area (Å²) in [5.41, 5.74) is 7.86. The molecule has 0 atom stereocenters. The lowest BCUT2D eigenvalue weighted by atomic mass is 10.0. The Balaban J connectivity index is 0.000000258. The molecule has 0 unspecified atom stereocenters. The number of likely N-dealkylation sites (N-methyl/N-ethyl adjacent to an activating group) is 2. The zero-order valence-corrected chi connectivity index (χ0v) is 35.4. The number of aromatic amines is 1. The van der Waals surface area contributed by atoms with E-state index in [1.54, 1.807) is 28.1 Å². The Bertz CT molecular complexity index is 1820. The number of hydrogen-bond donors (Lipinski definition) is 3. The molecule has 2 aliphatic heterocycles. The molecule has 1 amide bonds. The summed E-state index contributed by atoms with van der Waals surface area (Å²) in [5, 5.41) is 15.8. The molecular weight excluding hydrogens is 717 g/mol. The van der Waals surface area contributed by atoms with E-state index in [-0.39, 0.29) is 18.0 Å². The van der Waals surface area contributed by atoms with Crippen LogP contribution in [0.5, 0.6) is 0 Å². The number of nitrogens with zero attached hydrogens (tertiary/aromatic N) is 4. The van der Waals surface area contributed by atoms with Crippen molar-refractivity contribution in [2.75, 3.05) is 79.5 Å². The number of piperazine rings is 2. The number of aryl methyl sites for hydroxylation is 2. The van der Waals surface area contributed by atoms with Crippen molar-refractivity contribution >= 4 is 45.7 Å². The minimum Gasteiger partial charge on any atom is -0.478 e. The number of pyridine rings is 1.